The number of likely N-dealkylation sites (tertiary alicyclic amines) is 1. The number of aromatic nitrogens is 4. The third kappa shape index (κ3) is 3.30. The van der Waals surface area contributed by atoms with E-state index in [1.54, 1.807) is 35.1 Å². The quantitative estimate of drug-likeness (QED) is 0.724. The Labute approximate surface area is 162 Å². The van der Waals surface area contributed by atoms with E-state index in [2.05, 4.69) is 20.4 Å². The van der Waals surface area contributed by atoms with E-state index < -0.39 is 0 Å². The number of hydrogen-bond donors (Lipinski definition) is 1. The van der Waals surface area contributed by atoms with E-state index in [-0.39, 0.29) is 12.1 Å². The maximum absolute atomic E-state index is 11.9. The number of carbonyl (C=O) groups excluding carboxylic acids is 1. The fourth-order valence-corrected chi connectivity index (χ4v) is 3.53. The van der Waals surface area contributed by atoms with Gasteiger partial charge in [0.1, 0.15) is 11.6 Å². The maximum Gasteiger partial charge on any atom is 0.409 e. The summed E-state index contributed by atoms with van der Waals surface area (Å²) in [4.78, 5) is 22.1. The lowest BCUT2D eigenvalue weighted by Gasteiger charge is -2.23. The first kappa shape index (κ1) is 18.0. The van der Waals surface area contributed by atoms with E-state index in [0.717, 1.165) is 36.3 Å². The van der Waals surface area contributed by atoms with Crippen molar-refractivity contribution in [2.24, 2.45) is 0 Å². The van der Waals surface area contributed by atoms with Gasteiger partial charge in [0.2, 0.25) is 0 Å². The maximum atomic E-state index is 11.9. The molecular formula is C19H22N6O3. The number of methoxy groups -OCH3 is 2. The number of hydrogen-bond acceptors (Lipinski definition) is 7. The lowest BCUT2D eigenvalue weighted by molar-refractivity contribution is 0.120. The number of anilines is 1. The van der Waals surface area contributed by atoms with Crippen LogP contribution in [0.4, 0.5) is 10.6 Å². The van der Waals surface area contributed by atoms with Crippen molar-refractivity contribution < 1.29 is 14.3 Å². The van der Waals surface area contributed by atoms with Gasteiger partial charge >= 0.3 is 6.09 Å². The van der Waals surface area contributed by atoms with Gasteiger partial charge < -0.3 is 19.7 Å². The highest BCUT2D eigenvalue weighted by atomic mass is 16.5. The summed E-state index contributed by atoms with van der Waals surface area (Å²) in [6.45, 7) is 1.33. The zero-order valence-electron chi connectivity index (χ0n) is 15.8. The molecule has 28 heavy (non-hydrogen) atoms. The van der Waals surface area contributed by atoms with E-state index in [4.69, 9.17) is 9.47 Å². The summed E-state index contributed by atoms with van der Waals surface area (Å²) in [6, 6.07) is 5.75. The van der Waals surface area contributed by atoms with Crippen LogP contribution < -0.4 is 10.1 Å². The molecule has 0 saturated carbocycles. The predicted octanol–water partition coefficient (Wildman–Crippen LogP) is 2.44. The minimum atomic E-state index is -0.283. The van der Waals surface area contributed by atoms with Crippen LogP contribution in [0, 0.1) is 0 Å². The number of carbonyl (C=O) groups is 1. The molecule has 9 nitrogen and oxygen atoms in total. The van der Waals surface area contributed by atoms with E-state index in [9.17, 15) is 4.79 Å². The van der Waals surface area contributed by atoms with Crippen LogP contribution in [0.15, 0.2) is 36.8 Å². The second-order valence-corrected chi connectivity index (χ2v) is 6.55. The summed E-state index contributed by atoms with van der Waals surface area (Å²) in [5.41, 5.74) is 2.41. The topological polar surface area (TPSA) is 93.9 Å². The molecule has 3 aromatic rings. The highest BCUT2D eigenvalue weighted by molar-refractivity contribution is 5.69. The first-order valence-electron chi connectivity index (χ1n) is 9.13. The molecular weight excluding hydrogens is 360 g/mol. The predicted molar refractivity (Wildman–Crippen MR) is 103 cm³/mol. The molecule has 1 fully saturated rings. The highest BCUT2D eigenvalue weighted by Gasteiger charge is 2.29. The van der Waals surface area contributed by atoms with Crippen molar-refractivity contribution in [3.05, 3.63) is 36.8 Å². The normalized spacial score (nSPS) is 16.4. The highest BCUT2D eigenvalue weighted by Crippen LogP contribution is 2.29. The molecule has 0 spiro atoms. The van der Waals surface area contributed by atoms with Gasteiger partial charge in [-0.1, -0.05) is 0 Å². The van der Waals surface area contributed by atoms with E-state index >= 15 is 0 Å². The van der Waals surface area contributed by atoms with Crippen molar-refractivity contribution in [3.8, 4) is 17.0 Å². The molecule has 0 aliphatic carbocycles. The molecule has 0 radical (unpaired) electrons. The average Bonchev–Trinajstić information content (AvgIpc) is 3.38. The van der Waals surface area contributed by atoms with Crippen LogP contribution in [0.1, 0.15) is 12.8 Å². The summed E-state index contributed by atoms with van der Waals surface area (Å²) < 4.78 is 12.0. The van der Waals surface area contributed by atoms with Crippen molar-refractivity contribution in [3.63, 3.8) is 0 Å². The number of ether oxygens (including phenoxy) is 2. The third-order valence-corrected chi connectivity index (χ3v) is 4.95. The lowest BCUT2D eigenvalue weighted by atomic mass is 10.2. The summed E-state index contributed by atoms with van der Waals surface area (Å²) in [6.07, 6.45) is 6.77. The number of rotatable bonds is 5. The van der Waals surface area contributed by atoms with Crippen LogP contribution in [0.25, 0.3) is 16.9 Å². The summed E-state index contributed by atoms with van der Waals surface area (Å²) in [5, 5.41) is 8.00. The average molecular weight is 382 g/mol. The Morgan fingerprint density at radius 1 is 1.29 bits per heavy atom. The van der Waals surface area contributed by atoms with Gasteiger partial charge in [-0.3, -0.25) is 4.98 Å². The Hall–Kier alpha value is -3.36. The third-order valence-electron chi connectivity index (χ3n) is 4.95. The smallest absolute Gasteiger partial charge is 0.409 e. The van der Waals surface area contributed by atoms with Gasteiger partial charge in [-0.05, 0) is 31.0 Å². The second-order valence-electron chi connectivity index (χ2n) is 6.55. The number of amides is 1. The van der Waals surface area contributed by atoms with Gasteiger partial charge in [0.05, 0.1) is 38.3 Å². The van der Waals surface area contributed by atoms with Crippen molar-refractivity contribution in [2.75, 3.05) is 32.6 Å². The van der Waals surface area contributed by atoms with E-state index in [1.165, 1.54) is 7.11 Å². The fourth-order valence-electron chi connectivity index (χ4n) is 3.53. The Balaban J connectivity index is 1.57. The van der Waals surface area contributed by atoms with Crippen molar-refractivity contribution in [1.82, 2.24) is 24.5 Å². The number of nitrogens with zero attached hydrogens (tertiary/aromatic N) is 5. The Kier molecular flexibility index (Phi) is 4.96. The second kappa shape index (κ2) is 7.71. The molecule has 1 N–H and O–H groups in total. The van der Waals surface area contributed by atoms with Crippen LogP contribution in [0.2, 0.25) is 0 Å². The van der Waals surface area contributed by atoms with Gasteiger partial charge in [-0.25, -0.2) is 14.3 Å². The largest absolute Gasteiger partial charge is 0.494 e. The first-order valence-corrected chi connectivity index (χ1v) is 9.13. The van der Waals surface area contributed by atoms with Crippen LogP contribution in [0.5, 0.6) is 5.75 Å². The molecule has 1 aliphatic rings. The summed E-state index contributed by atoms with van der Waals surface area (Å²) in [5.74, 6) is 1.36. The molecule has 146 valence electrons. The van der Waals surface area contributed by atoms with Gasteiger partial charge in [0, 0.05) is 24.8 Å². The molecule has 9 heteroatoms. The molecule has 0 bridgehead atoms. The van der Waals surface area contributed by atoms with Crippen molar-refractivity contribution >= 4 is 17.6 Å². The van der Waals surface area contributed by atoms with Gasteiger partial charge in [-0.2, -0.15) is 0 Å². The SMILES string of the molecule is COC(=O)N1CCC[C@H]1CNc1ccc2ncc(-c3ccncc3OC)n2n1. The summed E-state index contributed by atoms with van der Waals surface area (Å²) in [7, 11) is 3.02. The van der Waals surface area contributed by atoms with Gasteiger partial charge in [0.25, 0.3) is 0 Å². The van der Waals surface area contributed by atoms with Crippen LogP contribution in [-0.2, 0) is 4.74 Å². The first-order chi connectivity index (χ1) is 13.7. The van der Waals surface area contributed by atoms with Crippen LogP contribution >= 0.6 is 0 Å². The Morgan fingerprint density at radius 3 is 3.00 bits per heavy atom. The molecule has 0 aromatic carbocycles. The number of fused-ring (bicyclic) bond motifs is 1. The molecule has 4 rings (SSSR count). The summed E-state index contributed by atoms with van der Waals surface area (Å²) >= 11 is 0. The van der Waals surface area contributed by atoms with E-state index in [1.807, 2.05) is 18.2 Å². The molecule has 1 saturated heterocycles. The monoisotopic (exact) mass is 382 g/mol. The Morgan fingerprint density at radius 2 is 2.18 bits per heavy atom. The molecule has 1 aliphatic heterocycles. The van der Waals surface area contributed by atoms with Crippen LogP contribution in [0.3, 0.4) is 0 Å². The van der Waals surface area contributed by atoms with Crippen LogP contribution in [-0.4, -0.2) is 63.9 Å². The number of nitrogens with one attached hydrogen (secondary N) is 1. The molecule has 1 atom stereocenters. The minimum absolute atomic E-state index is 0.0903. The molecule has 1 amide bonds. The molecule has 0 unspecified atom stereocenters. The fraction of sp³-hybridized carbons (Fsp3) is 0.368. The molecule has 3 aromatic heterocycles. The van der Waals surface area contributed by atoms with Crippen molar-refractivity contribution in [1.29, 1.82) is 0 Å². The molecule has 4 heterocycles. The van der Waals surface area contributed by atoms with Crippen molar-refractivity contribution in [2.45, 2.75) is 18.9 Å². The zero-order chi connectivity index (χ0) is 19.5. The number of imidazole rings is 1. The minimum Gasteiger partial charge on any atom is -0.494 e. The number of pyridine rings is 1. The standard InChI is InChI=1S/C19H22N6O3/c1-27-16-12-20-8-7-14(16)15-11-22-18-6-5-17(23-25(15)18)21-10-13-4-3-9-24(13)19(26)28-2/h5-8,11-13H,3-4,9-10H2,1-2H3,(H,21,23)/t13-/m0/s1. The van der Waals surface area contributed by atoms with Gasteiger partial charge in [-0.15, -0.1) is 5.10 Å². The zero-order valence-corrected chi connectivity index (χ0v) is 15.8. The van der Waals surface area contributed by atoms with E-state index in [0.29, 0.717) is 18.1 Å². The van der Waals surface area contributed by atoms with Gasteiger partial charge in [0.15, 0.2) is 5.65 Å². The lowest BCUT2D eigenvalue weighted by Crippen LogP contribution is -2.39. The Bertz CT molecular complexity index is 989.